The number of hydrogen-bond donors (Lipinski definition) is 1. The van der Waals surface area contributed by atoms with Gasteiger partial charge in [0.2, 0.25) is 0 Å². The minimum atomic E-state index is -0.726. The number of ether oxygens (including phenoxy) is 4. The van der Waals surface area contributed by atoms with Gasteiger partial charge in [0.25, 0.3) is 0 Å². The number of rotatable bonds is 10. The summed E-state index contributed by atoms with van der Waals surface area (Å²) in [6, 6.07) is 6.50. The van der Waals surface area contributed by atoms with Crippen LogP contribution in [0.5, 0.6) is 0 Å². The second-order valence-electron chi connectivity index (χ2n) is 7.48. The van der Waals surface area contributed by atoms with Gasteiger partial charge >= 0.3 is 11.9 Å². The molecule has 0 aromatic carbocycles. The Kier molecular flexibility index (Phi) is 20.9. The molecule has 0 saturated heterocycles. The van der Waals surface area contributed by atoms with Crippen LogP contribution >= 0.6 is 0 Å². The van der Waals surface area contributed by atoms with Crippen LogP contribution in [0.3, 0.4) is 0 Å². The van der Waals surface area contributed by atoms with Crippen molar-refractivity contribution in [1.29, 1.82) is 0 Å². The van der Waals surface area contributed by atoms with Crippen LogP contribution in [0.1, 0.15) is 61.7 Å². The van der Waals surface area contributed by atoms with Gasteiger partial charge in [0.1, 0.15) is 0 Å². The van der Waals surface area contributed by atoms with Crippen molar-refractivity contribution < 1.29 is 32.9 Å². The summed E-state index contributed by atoms with van der Waals surface area (Å²) in [4.78, 5) is 30.3. The Morgan fingerprint density at radius 1 is 0.917 bits per heavy atom. The molecule has 0 fully saturated rings. The molecule has 0 radical (unpaired) electrons. The average Bonchev–Trinajstić information content (AvgIpc) is 2.81. The zero-order chi connectivity index (χ0) is 26.6. The molecule has 10 heteroatoms. The number of halogens is 1. The Morgan fingerprint density at radius 3 is 1.86 bits per heavy atom. The van der Waals surface area contributed by atoms with Gasteiger partial charge in [0, 0.05) is 39.3 Å². The Bertz CT molecular complexity index is 867. The van der Waals surface area contributed by atoms with Crippen LogP contribution in [0, 0.1) is 11.7 Å². The van der Waals surface area contributed by atoms with Crippen molar-refractivity contribution in [2.75, 3.05) is 40.6 Å². The largest absolute Gasteiger partial charge is 0.461 e. The van der Waals surface area contributed by atoms with Gasteiger partial charge < -0.3 is 24.7 Å². The SMILES string of the molecule is C.CCOC(=O)c1ncccc1CC(C)COC.CCOC(=O)c1ncccc1F.COCC(C)N. The molecule has 9 nitrogen and oxygen atoms in total. The molecule has 2 heterocycles. The van der Waals surface area contributed by atoms with E-state index in [4.69, 9.17) is 15.2 Å². The molecule has 0 spiro atoms. The maximum atomic E-state index is 12.8. The molecule has 2 aromatic heterocycles. The predicted octanol–water partition coefficient (Wildman–Crippen LogP) is 4.10. The van der Waals surface area contributed by atoms with E-state index in [9.17, 15) is 14.0 Å². The number of aromatic nitrogens is 2. The first-order chi connectivity index (χ1) is 16.7. The van der Waals surface area contributed by atoms with Crippen LogP contribution in [0.15, 0.2) is 36.7 Å². The molecule has 0 bridgehead atoms. The van der Waals surface area contributed by atoms with E-state index in [-0.39, 0.29) is 31.7 Å². The van der Waals surface area contributed by atoms with E-state index < -0.39 is 11.8 Å². The van der Waals surface area contributed by atoms with Crippen molar-refractivity contribution >= 4 is 11.9 Å². The monoisotopic (exact) mass is 511 g/mol. The molecule has 204 valence electrons. The van der Waals surface area contributed by atoms with Crippen molar-refractivity contribution in [3.05, 3.63) is 59.4 Å². The summed E-state index contributed by atoms with van der Waals surface area (Å²) < 4.78 is 32.1. The van der Waals surface area contributed by atoms with Crippen LogP contribution in [0.25, 0.3) is 0 Å². The highest BCUT2D eigenvalue weighted by molar-refractivity contribution is 5.88. The van der Waals surface area contributed by atoms with E-state index in [1.807, 2.05) is 19.1 Å². The maximum Gasteiger partial charge on any atom is 0.359 e. The van der Waals surface area contributed by atoms with Gasteiger partial charge in [-0.05, 0) is 56.9 Å². The zero-order valence-electron chi connectivity index (χ0n) is 21.5. The molecule has 0 saturated carbocycles. The molecule has 2 unspecified atom stereocenters. The predicted molar refractivity (Wildman–Crippen MR) is 137 cm³/mol. The first kappa shape index (κ1) is 35.2. The number of hydrogen-bond acceptors (Lipinski definition) is 9. The highest BCUT2D eigenvalue weighted by atomic mass is 19.1. The Hall–Kier alpha value is -2.95. The lowest BCUT2D eigenvalue weighted by Gasteiger charge is -2.12. The standard InChI is InChI=1S/C13H19NO3.C8H8FNO2.C4H11NO.CH4/c1-4-17-13(15)12-11(6-5-7-14-12)8-10(2)9-16-3;1-2-12-8(11)7-6(9)4-3-5-10-7;1-4(5)3-6-2;/h5-7,10H,4,8-9H2,1-3H3;3-5H,2H2,1H3;4H,3,5H2,1-2H3;1H4. The fraction of sp³-hybridized carbons (Fsp3) is 0.538. The van der Waals surface area contributed by atoms with E-state index >= 15 is 0 Å². The smallest absolute Gasteiger partial charge is 0.359 e. The van der Waals surface area contributed by atoms with Crippen molar-refractivity contribution in [2.24, 2.45) is 11.7 Å². The molecule has 2 atom stereocenters. The summed E-state index contributed by atoms with van der Waals surface area (Å²) in [5, 5.41) is 0. The summed E-state index contributed by atoms with van der Waals surface area (Å²) in [6.07, 6.45) is 3.71. The van der Waals surface area contributed by atoms with Gasteiger partial charge in [0.05, 0.1) is 19.8 Å². The summed E-state index contributed by atoms with van der Waals surface area (Å²) >= 11 is 0. The van der Waals surface area contributed by atoms with E-state index in [0.717, 1.165) is 12.0 Å². The third-order valence-electron chi connectivity index (χ3n) is 4.04. The van der Waals surface area contributed by atoms with Crippen molar-refractivity contribution in [3.8, 4) is 0 Å². The second kappa shape index (κ2) is 21.3. The van der Waals surface area contributed by atoms with E-state index in [0.29, 0.717) is 31.4 Å². The van der Waals surface area contributed by atoms with Gasteiger partial charge in [-0.3, -0.25) is 0 Å². The van der Waals surface area contributed by atoms with Crippen LogP contribution in [-0.4, -0.2) is 68.6 Å². The van der Waals surface area contributed by atoms with E-state index in [2.05, 4.69) is 26.4 Å². The summed E-state index contributed by atoms with van der Waals surface area (Å²) in [7, 11) is 3.31. The highest BCUT2D eigenvalue weighted by Crippen LogP contribution is 2.13. The van der Waals surface area contributed by atoms with Gasteiger partial charge in [-0.1, -0.05) is 20.4 Å². The van der Waals surface area contributed by atoms with Crippen LogP contribution < -0.4 is 5.73 Å². The number of esters is 2. The summed E-state index contributed by atoms with van der Waals surface area (Å²) in [5.74, 6) is -1.39. The lowest BCUT2D eigenvalue weighted by atomic mass is 10.0. The second-order valence-corrected chi connectivity index (χ2v) is 7.48. The number of nitrogens with two attached hydrogens (primary N) is 1. The van der Waals surface area contributed by atoms with Gasteiger partial charge in [-0.25, -0.2) is 23.9 Å². The molecule has 36 heavy (non-hydrogen) atoms. The van der Waals surface area contributed by atoms with Crippen LogP contribution in [0.4, 0.5) is 4.39 Å². The minimum absolute atomic E-state index is 0. The van der Waals surface area contributed by atoms with Crippen LogP contribution in [0.2, 0.25) is 0 Å². The van der Waals surface area contributed by atoms with Gasteiger partial charge in [-0.2, -0.15) is 0 Å². The lowest BCUT2D eigenvalue weighted by Crippen LogP contribution is -2.20. The fourth-order valence-electron chi connectivity index (χ4n) is 2.70. The fourth-order valence-corrected chi connectivity index (χ4v) is 2.70. The quantitative estimate of drug-likeness (QED) is 0.470. The third-order valence-corrected chi connectivity index (χ3v) is 4.04. The molecular weight excluding hydrogens is 469 g/mol. The van der Waals surface area contributed by atoms with Crippen molar-refractivity contribution in [1.82, 2.24) is 9.97 Å². The van der Waals surface area contributed by atoms with E-state index in [1.54, 1.807) is 34.3 Å². The molecule has 0 aliphatic rings. The van der Waals surface area contributed by atoms with Crippen molar-refractivity contribution in [2.45, 2.75) is 47.6 Å². The molecule has 0 aliphatic carbocycles. The number of methoxy groups -OCH3 is 2. The summed E-state index contributed by atoms with van der Waals surface area (Å²) in [6.45, 7) is 9.32. The van der Waals surface area contributed by atoms with Gasteiger partial charge in [-0.15, -0.1) is 0 Å². The summed E-state index contributed by atoms with van der Waals surface area (Å²) in [5.41, 5.74) is 6.34. The molecular formula is C26H42FN3O6. The third kappa shape index (κ3) is 15.1. The Balaban J connectivity index is 0. The Morgan fingerprint density at radius 2 is 1.42 bits per heavy atom. The van der Waals surface area contributed by atoms with Crippen molar-refractivity contribution in [3.63, 3.8) is 0 Å². The first-order valence-electron chi connectivity index (χ1n) is 11.3. The number of carbonyl (C=O) groups excluding carboxylic acids is 2. The maximum absolute atomic E-state index is 12.8. The first-order valence-corrected chi connectivity index (χ1v) is 11.3. The topological polar surface area (TPSA) is 123 Å². The Labute approximate surface area is 214 Å². The number of nitrogens with zero attached hydrogens (tertiary/aromatic N) is 2. The van der Waals surface area contributed by atoms with Crippen LogP contribution in [-0.2, 0) is 25.4 Å². The molecule has 2 rings (SSSR count). The normalized spacial score (nSPS) is 11.3. The van der Waals surface area contributed by atoms with E-state index in [1.165, 1.54) is 18.3 Å². The molecule has 0 amide bonds. The lowest BCUT2D eigenvalue weighted by molar-refractivity contribution is 0.0505. The van der Waals surface area contributed by atoms with Gasteiger partial charge in [0.15, 0.2) is 17.2 Å². The minimum Gasteiger partial charge on any atom is -0.461 e. The highest BCUT2D eigenvalue weighted by Gasteiger charge is 2.15. The molecule has 2 aromatic rings. The molecule has 2 N–H and O–H groups in total. The zero-order valence-corrected chi connectivity index (χ0v) is 21.5. The molecule has 0 aliphatic heterocycles. The average molecular weight is 512 g/mol. The number of carbonyl (C=O) groups is 2. The number of pyridine rings is 2.